The highest BCUT2D eigenvalue weighted by molar-refractivity contribution is 7.92. The van der Waals surface area contributed by atoms with Crippen LogP contribution in [0, 0.1) is 6.92 Å². The van der Waals surface area contributed by atoms with E-state index >= 15 is 0 Å². The van der Waals surface area contributed by atoms with Crippen LogP contribution in [0.3, 0.4) is 0 Å². The average Bonchev–Trinajstić information content (AvgIpc) is 2.87. The van der Waals surface area contributed by atoms with Crippen molar-refractivity contribution in [2.45, 2.75) is 64.1 Å². The van der Waals surface area contributed by atoms with Gasteiger partial charge in [-0.15, -0.1) is 0 Å². The van der Waals surface area contributed by atoms with Crippen molar-refractivity contribution in [3.8, 4) is 0 Å². The Kier molecular flexibility index (Phi) is 9.80. The first-order chi connectivity index (χ1) is 18.3. The van der Waals surface area contributed by atoms with Gasteiger partial charge in [-0.25, -0.2) is 8.42 Å². The normalized spacial score (nSPS) is 12.5. The Morgan fingerprint density at radius 3 is 2.05 bits per heavy atom. The van der Waals surface area contributed by atoms with Gasteiger partial charge in [-0.3, -0.25) is 13.9 Å². The second-order valence-corrected chi connectivity index (χ2v) is 12.8. The summed E-state index contributed by atoms with van der Waals surface area (Å²) < 4.78 is 28.7. The molecule has 0 fully saturated rings. The lowest BCUT2D eigenvalue weighted by Gasteiger charge is -2.34. The highest BCUT2D eigenvalue weighted by atomic mass is 35.5. The van der Waals surface area contributed by atoms with E-state index in [1.165, 1.54) is 17.0 Å². The number of halogens is 1. The maximum Gasteiger partial charge on any atom is 0.264 e. The number of sulfonamides is 1. The molecule has 3 rings (SSSR count). The third-order valence-electron chi connectivity index (χ3n) is 6.08. The van der Waals surface area contributed by atoms with Gasteiger partial charge in [-0.2, -0.15) is 0 Å². The molecule has 0 spiro atoms. The van der Waals surface area contributed by atoms with Crippen molar-refractivity contribution in [2.24, 2.45) is 0 Å². The van der Waals surface area contributed by atoms with E-state index in [1.54, 1.807) is 66.7 Å². The van der Waals surface area contributed by atoms with Crippen molar-refractivity contribution in [3.63, 3.8) is 0 Å². The SMILES string of the molecule is CC[C@H](C(=O)NC(C)(C)C)N(Cc1ccc(Cl)cc1)C(=O)CN(c1ccccc1)S(=O)(=O)c1ccc(C)cc1. The van der Waals surface area contributed by atoms with Gasteiger partial charge >= 0.3 is 0 Å². The van der Waals surface area contributed by atoms with Crippen molar-refractivity contribution in [3.05, 3.63) is 95.0 Å². The molecule has 1 atom stereocenters. The second kappa shape index (κ2) is 12.7. The summed E-state index contributed by atoms with van der Waals surface area (Å²) in [5, 5.41) is 3.51. The molecule has 9 heteroatoms. The van der Waals surface area contributed by atoms with Crippen molar-refractivity contribution < 1.29 is 18.0 Å². The van der Waals surface area contributed by atoms with Gasteiger partial charge in [0.1, 0.15) is 12.6 Å². The van der Waals surface area contributed by atoms with Crippen LogP contribution in [-0.4, -0.2) is 43.3 Å². The predicted octanol–water partition coefficient (Wildman–Crippen LogP) is 5.57. The molecule has 39 heavy (non-hydrogen) atoms. The molecule has 0 aliphatic carbocycles. The Labute approximate surface area is 236 Å². The fourth-order valence-corrected chi connectivity index (χ4v) is 5.66. The monoisotopic (exact) mass is 569 g/mol. The van der Waals surface area contributed by atoms with E-state index in [4.69, 9.17) is 11.6 Å². The van der Waals surface area contributed by atoms with Crippen molar-refractivity contribution >= 4 is 39.1 Å². The molecule has 0 saturated heterocycles. The molecule has 1 N–H and O–H groups in total. The van der Waals surface area contributed by atoms with Crippen LogP contribution in [0.5, 0.6) is 0 Å². The van der Waals surface area contributed by atoms with Gasteiger partial charge < -0.3 is 10.2 Å². The molecule has 0 bridgehead atoms. The zero-order valence-electron chi connectivity index (χ0n) is 23.0. The first kappa shape index (κ1) is 30.2. The summed E-state index contributed by atoms with van der Waals surface area (Å²) in [5.41, 5.74) is 1.53. The first-order valence-corrected chi connectivity index (χ1v) is 14.6. The minimum Gasteiger partial charge on any atom is -0.350 e. The summed E-state index contributed by atoms with van der Waals surface area (Å²) >= 11 is 6.06. The molecule has 3 aromatic carbocycles. The van der Waals surface area contributed by atoms with Crippen LogP contribution in [-0.2, 0) is 26.2 Å². The van der Waals surface area contributed by atoms with Gasteiger partial charge in [0.2, 0.25) is 11.8 Å². The summed E-state index contributed by atoms with van der Waals surface area (Å²) in [5.74, 6) is -0.805. The lowest BCUT2D eigenvalue weighted by Crippen LogP contribution is -2.55. The quantitative estimate of drug-likeness (QED) is 0.346. The highest BCUT2D eigenvalue weighted by Crippen LogP contribution is 2.25. The number of rotatable bonds is 10. The van der Waals surface area contributed by atoms with Crippen LogP contribution in [0.4, 0.5) is 5.69 Å². The fraction of sp³-hybridized carbons (Fsp3) is 0.333. The third-order valence-corrected chi connectivity index (χ3v) is 8.12. The number of anilines is 1. The number of hydrogen-bond donors (Lipinski definition) is 1. The minimum absolute atomic E-state index is 0.0755. The van der Waals surface area contributed by atoms with Crippen LogP contribution in [0.15, 0.2) is 83.8 Å². The van der Waals surface area contributed by atoms with Crippen molar-refractivity contribution in [2.75, 3.05) is 10.8 Å². The molecule has 208 valence electrons. The second-order valence-electron chi connectivity index (χ2n) is 10.5. The maximum absolute atomic E-state index is 14.0. The molecule has 0 aromatic heterocycles. The Hall–Kier alpha value is -3.36. The molecule has 0 radical (unpaired) electrons. The summed E-state index contributed by atoms with van der Waals surface area (Å²) in [6.07, 6.45) is 0.345. The number of carbonyl (C=O) groups excluding carboxylic acids is 2. The number of aryl methyl sites for hydroxylation is 1. The van der Waals surface area contributed by atoms with E-state index in [0.717, 1.165) is 15.4 Å². The Morgan fingerprint density at radius 2 is 1.51 bits per heavy atom. The third kappa shape index (κ3) is 8.07. The van der Waals surface area contributed by atoms with Crippen LogP contribution < -0.4 is 9.62 Å². The summed E-state index contributed by atoms with van der Waals surface area (Å²) in [7, 11) is -4.09. The van der Waals surface area contributed by atoms with Crippen LogP contribution >= 0.6 is 11.6 Å². The lowest BCUT2D eigenvalue weighted by molar-refractivity contribution is -0.141. The van der Waals surface area contributed by atoms with E-state index in [1.807, 2.05) is 34.6 Å². The van der Waals surface area contributed by atoms with E-state index in [2.05, 4.69) is 5.32 Å². The molecule has 0 heterocycles. The summed E-state index contributed by atoms with van der Waals surface area (Å²) in [6.45, 7) is 8.94. The number of nitrogens with zero attached hydrogens (tertiary/aromatic N) is 2. The first-order valence-electron chi connectivity index (χ1n) is 12.8. The Balaban J connectivity index is 2.04. The van der Waals surface area contributed by atoms with Gasteiger partial charge in [0.05, 0.1) is 10.6 Å². The summed E-state index contributed by atoms with van der Waals surface area (Å²) in [6, 6.07) is 21.2. The van der Waals surface area contributed by atoms with Gasteiger partial charge in [-0.05, 0) is 76.1 Å². The van der Waals surface area contributed by atoms with E-state index in [-0.39, 0.29) is 17.3 Å². The zero-order chi connectivity index (χ0) is 28.8. The van der Waals surface area contributed by atoms with E-state index < -0.39 is 34.1 Å². The van der Waals surface area contributed by atoms with Crippen molar-refractivity contribution in [1.82, 2.24) is 10.2 Å². The van der Waals surface area contributed by atoms with E-state index in [9.17, 15) is 18.0 Å². The number of para-hydroxylation sites is 1. The Bertz CT molecular complexity index is 1370. The standard InChI is InChI=1S/C30H36ClN3O4S/c1-6-27(29(36)32-30(3,4)5)33(20-23-14-16-24(31)17-15-23)28(35)21-34(25-10-8-7-9-11-25)39(37,38)26-18-12-22(2)13-19-26/h7-19,27H,6,20-21H2,1-5H3,(H,32,36)/t27-/m1/s1. The maximum atomic E-state index is 14.0. The molecule has 0 aliphatic heterocycles. The molecule has 0 unspecified atom stereocenters. The lowest BCUT2D eigenvalue weighted by atomic mass is 10.1. The largest absolute Gasteiger partial charge is 0.350 e. The smallest absolute Gasteiger partial charge is 0.264 e. The molecule has 3 aromatic rings. The number of nitrogens with one attached hydrogen (secondary N) is 1. The van der Waals surface area contributed by atoms with Crippen LogP contribution in [0.1, 0.15) is 45.2 Å². The van der Waals surface area contributed by atoms with Crippen molar-refractivity contribution in [1.29, 1.82) is 0 Å². The molecule has 7 nitrogen and oxygen atoms in total. The molecule has 0 saturated carbocycles. The van der Waals surface area contributed by atoms with Crippen LogP contribution in [0.2, 0.25) is 5.02 Å². The van der Waals surface area contributed by atoms with Gasteiger partial charge in [0, 0.05) is 17.1 Å². The molecular weight excluding hydrogens is 534 g/mol. The van der Waals surface area contributed by atoms with Gasteiger partial charge in [0.15, 0.2) is 0 Å². The number of hydrogen-bond acceptors (Lipinski definition) is 4. The molecular formula is C30H36ClN3O4S. The molecule has 2 amide bonds. The highest BCUT2D eigenvalue weighted by Gasteiger charge is 2.34. The minimum atomic E-state index is -4.09. The zero-order valence-corrected chi connectivity index (χ0v) is 24.6. The number of benzene rings is 3. The topological polar surface area (TPSA) is 86.8 Å². The Morgan fingerprint density at radius 1 is 0.923 bits per heavy atom. The molecule has 0 aliphatic rings. The summed E-state index contributed by atoms with van der Waals surface area (Å²) in [4.78, 5) is 28.9. The van der Waals surface area contributed by atoms with Gasteiger partial charge in [0.25, 0.3) is 10.0 Å². The fourth-order valence-electron chi connectivity index (χ4n) is 4.12. The van der Waals surface area contributed by atoms with Gasteiger partial charge in [-0.1, -0.05) is 66.6 Å². The number of amides is 2. The predicted molar refractivity (Wildman–Crippen MR) is 156 cm³/mol. The average molecular weight is 570 g/mol. The number of carbonyl (C=O) groups is 2. The van der Waals surface area contributed by atoms with Crippen LogP contribution in [0.25, 0.3) is 0 Å². The van der Waals surface area contributed by atoms with E-state index in [0.29, 0.717) is 17.1 Å².